The van der Waals surface area contributed by atoms with E-state index in [1.807, 2.05) is 6.92 Å². The van der Waals surface area contributed by atoms with Crippen LogP contribution in [0, 0.1) is 11.8 Å². The van der Waals surface area contributed by atoms with Crippen LogP contribution in [-0.4, -0.2) is 16.6 Å². The molecule has 108 valence electrons. The summed E-state index contributed by atoms with van der Waals surface area (Å²) >= 11 is 3.48. The maximum Gasteiger partial charge on any atom is 0.160 e. The molecule has 1 unspecified atom stereocenters. The number of nitrogen functional groups attached to an aromatic ring is 1. The van der Waals surface area contributed by atoms with Gasteiger partial charge in [0.05, 0.1) is 10.2 Å². The predicted octanol–water partition coefficient (Wildman–Crippen LogP) is 3.75. The number of hydrogen-bond donors (Lipinski definition) is 1. The summed E-state index contributed by atoms with van der Waals surface area (Å²) in [5.41, 5.74) is 6.94. The quantitative estimate of drug-likeness (QED) is 0.863. The van der Waals surface area contributed by atoms with Gasteiger partial charge in [0.2, 0.25) is 0 Å². The van der Waals surface area contributed by atoms with Gasteiger partial charge in [0.1, 0.15) is 11.9 Å². The van der Waals surface area contributed by atoms with Gasteiger partial charge in [-0.3, -0.25) is 0 Å². The van der Waals surface area contributed by atoms with Crippen LogP contribution in [0.25, 0.3) is 0 Å². The topological polar surface area (TPSA) is 61.0 Å². The van der Waals surface area contributed by atoms with E-state index in [4.69, 9.17) is 10.5 Å². The van der Waals surface area contributed by atoms with Gasteiger partial charge in [0.15, 0.2) is 5.82 Å². The smallest absolute Gasteiger partial charge is 0.160 e. The van der Waals surface area contributed by atoms with Crippen LogP contribution in [0.2, 0.25) is 0 Å². The molecule has 0 spiro atoms. The van der Waals surface area contributed by atoms with Gasteiger partial charge >= 0.3 is 0 Å². The van der Waals surface area contributed by atoms with Crippen LogP contribution < -0.4 is 5.73 Å². The maximum absolute atomic E-state index is 5.98. The third kappa shape index (κ3) is 4.42. The Kier molecular flexibility index (Phi) is 6.20. The fraction of sp³-hybridized carbons (Fsp3) is 0.714. The Bertz CT molecular complexity index is 421. The Morgan fingerprint density at radius 1 is 1.21 bits per heavy atom. The molecule has 1 rings (SSSR count). The van der Waals surface area contributed by atoms with Crippen LogP contribution >= 0.6 is 15.9 Å². The van der Waals surface area contributed by atoms with Crippen molar-refractivity contribution in [3.63, 3.8) is 0 Å². The molecule has 0 aliphatic carbocycles. The van der Waals surface area contributed by atoms with Crippen LogP contribution in [-0.2, 0) is 11.2 Å². The van der Waals surface area contributed by atoms with Crippen LogP contribution in [0.15, 0.2) is 4.47 Å². The minimum Gasteiger partial charge on any atom is -0.383 e. The van der Waals surface area contributed by atoms with Crippen LogP contribution in [0.5, 0.6) is 0 Å². The van der Waals surface area contributed by atoms with Crippen LogP contribution in [0.1, 0.15) is 52.2 Å². The normalized spacial score (nSPS) is 13.3. The van der Waals surface area contributed by atoms with Gasteiger partial charge in [-0.1, -0.05) is 27.7 Å². The molecule has 0 aliphatic heterocycles. The molecule has 0 aromatic carbocycles. The molecule has 0 fully saturated rings. The van der Waals surface area contributed by atoms with Crippen molar-refractivity contribution in [2.45, 2.75) is 47.1 Å². The molecule has 19 heavy (non-hydrogen) atoms. The van der Waals surface area contributed by atoms with E-state index in [0.29, 0.717) is 30.1 Å². The van der Waals surface area contributed by atoms with Crippen molar-refractivity contribution in [3.05, 3.63) is 16.0 Å². The zero-order valence-corrected chi connectivity index (χ0v) is 14.0. The Hall–Kier alpha value is -0.680. The second-order valence-electron chi connectivity index (χ2n) is 5.45. The first kappa shape index (κ1) is 16.4. The Morgan fingerprint density at radius 3 is 2.32 bits per heavy atom. The van der Waals surface area contributed by atoms with Crippen molar-refractivity contribution in [2.75, 3.05) is 12.3 Å². The summed E-state index contributed by atoms with van der Waals surface area (Å²) < 4.78 is 6.56. The number of aromatic nitrogens is 2. The van der Waals surface area contributed by atoms with Gasteiger partial charge in [0.25, 0.3) is 0 Å². The summed E-state index contributed by atoms with van der Waals surface area (Å²) in [6.45, 7) is 11.1. The first-order chi connectivity index (χ1) is 8.86. The van der Waals surface area contributed by atoms with Crippen molar-refractivity contribution < 1.29 is 4.74 Å². The molecule has 1 aromatic heterocycles. The van der Waals surface area contributed by atoms with Gasteiger partial charge in [-0.15, -0.1) is 0 Å². The minimum absolute atomic E-state index is 0.105. The summed E-state index contributed by atoms with van der Waals surface area (Å²) in [7, 11) is 0. The molecule has 1 aromatic rings. The summed E-state index contributed by atoms with van der Waals surface area (Å²) in [5, 5.41) is 0. The molecule has 0 saturated heterocycles. The first-order valence-electron chi connectivity index (χ1n) is 6.80. The van der Waals surface area contributed by atoms with Crippen LogP contribution in [0.4, 0.5) is 5.82 Å². The SMILES string of the molecule is CCOC(c1nc(N)c(Br)c(CC(C)C)n1)C(C)C. The fourth-order valence-electron chi connectivity index (χ4n) is 1.93. The lowest BCUT2D eigenvalue weighted by molar-refractivity contribution is 0.0231. The highest BCUT2D eigenvalue weighted by molar-refractivity contribution is 9.10. The Balaban J connectivity index is 3.16. The summed E-state index contributed by atoms with van der Waals surface area (Å²) in [5.74, 6) is 2.01. The summed E-state index contributed by atoms with van der Waals surface area (Å²) in [6, 6.07) is 0. The first-order valence-corrected chi connectivity index (χ1v) is 7.59. The molecule has 0 bridgehead atoms. The number of rotatable bonds is 6. The highest BCUT2D eigenvalue weighted by Gasteiger charge is 2.22. The zero-order chi connectivity index (χ0) is 14.6. The second-order valence-corrected chi connectivity index (χ2v) is 6.24. The lowest BCUT2D eigenvalue weighted by atomic mass is 10.1. The standard InChI is InChI=1S/C14H24BrN3O/c1-6-19-12(9(4)5)14-17-10(7-8(2)3)11(15)13(16)18-14/h8-9,12H,6-7H2,1-5H3,(H2,16,17,18). The van der Waals surface area contributed by atoms with E-state index in [1.165, 1.54) is 0 Å². The Labute approximate surface area is 124 Å². The van der Waals surface area contributed by atoms with Crippen LogP contribution in [0.3, 0.4) is 0 Å². The lowest BCUT2D eigenvalue weighted by Gasteiger charge is -2.21. The molecule has 1 heterocycles. The molecule has 2 N–H and O–H groups in total. The van der Waals surface area contributed by atoms with E-state index in [1.54, 1.807) is 0 Å². The van der Waals surface area contributed by atoms with Gasteiger partial charge in [-0.05, 0) is 41.1 Å². The molecular formula is C14H24BrN3O. The Morgan fingerprint density at radius 2 is 1.84 bits per heavy atom. The molecular weight excluding hydrogens is 306 g/mol. The fourth-order valence-corrected chi connectivity index (χ4v) is 2.27. The largest absolute Gasteiger partial charge is 0.383 e. The highest BCUT2D eigenvalue weighted by Crippen LogP contribution is 2.29. The van der Waals surface area contributed by atoms with Crippen molar-refractivity contribution >= 4 is 21.7 Å². The van der Waals surface area contributed by atoms with E-state index in [-0.39, 0.29) is 6.10 Å². The summed E-state index contributed by atoms with van der Waals surface area (Å²) in [4.78, 5) is 9.03. The third-order valence-corrected chi connectivity index (χ3v) is 3.63. The highest BCUT2D eigenvalue weighted by atomic mass is 79.9. The number of ether oxygens (including phenoxy) is 1. The molecule has 0 aliphatic rings. The molecule has 5 heteroatoms. The van der Waals surface area contributed by atoms with Crippen molar-refractivity contribution in [2.24, 2.45) is 11.8 Å². The average molecular weight is 330 g/mol. The van der Waals surface area contributed by atoms with Gasteiger partial charge in [-0.2, -0.15) is 0 Å². The van der Waals surface area contributed by atoms with Crippen molar-refractivity contribution in [3.8, 4) is 0 Å². The zero-order valence-electron chi connectivity index (χ0n) is 12.4. The maximum atomic E-state index is 5.98. The van der Waals surface area contributed by atoms with Crippen molar-refractivity contribution in [1.29, 1.82) is 0 Å². The second kappa shape index (κ2) is 7.20. The number of nitrogens with two attached hydrogens (primary N) is 1. The van der Waals surface area contributed by atoms with Gasteiger partial charge in [-0.25, -0.2) is 9.97 Å². The van der Waals surface area contributed by atoms with E-state index in [2.05, 4.69) is 53.6 Å². The van der Waals surface area contributed by atoms with Gasteiger partial charge < -0.3 is 10.5 Å². The predicted molar refractivity (Wildman–Crippen MR) is 81.9 cm³/mol. The van der Waals surface area contributed by atoms with Gasteiger partial charge in [0, 0.05) is 6.61 Å². The molecule has 4 nitrogen and oxygen atoms in total. The third-order valence-electron chi connectivity index (χ3n) is 2.77. The molecule has 0 saturated carbocycles. The lowest BCUT2D eigenvalue weighted by Crippen LogP contribution is -2.17. The van der Waals surface area contributed by atoms with E-state index in [0.717, 1.165) is 16.6 Å². The molecule has 1 atom stereocenters. The summed E-state index contributed by atoms with van der Waals surface area (Å²) in [6.07, 6.45) is 0.767. The number of nitrogens with zero attached hydrogens (tertiary/aromatic N) is 2. The minimum atomic E-state index is -0.105. The van der Waals surface area contributed by atoms with E-state index < -0.39 is 0 Å². The molecule has 0 radical (unpaired) electrons. The number of halogens is 1. The van der Waals surface area contributed by atoms with Crippen molar-refractivity contribution in [1.82, 2.24) is 9.97 Å². The monoisotopic (exact) mass is 329 g/mol. The molecule has 0 amide bonds. The number of anilines is 1. The average Bonchev–Trinajstić information content (AvgIpc) is 2.30. The number of hydrogen-bond acceptors (Lipinski definition) is 4. The van der Waals surface area contributed by atoms with E-state index >= 15 is 0 Å². The van der Waals surface area contributed by atoms with E-state index in [9.17, 15) is 0 Å².